The van der Waals surface area contributed by atoms with Gasteiger partial charge in [0.1, 0.15) is 5.76 Å². The minimum atomic E-state index is -0.157. The third-order valence-electron chi connectivity index (χ3n) is 6.48. The van der Waals surface area contributed by atoms with Crippen molar-refractivity contribution in [3.05, 3.63) is 11.3 Å². The summed E-state index contributed by atoms with van der Waals surface area (Å²) in [5, 5.41) is 0. The van der Waals surface area contributed by atoms with Crippen LogP contribution in [0.15, 0.2) is 11.3 Å². The van der Waals surface area contributed by atoms with Crippen LogP contribution in [0.25, 0.3) is 0 Å². The molecule has 2 fully saturated rings. The molecule has 0 aromatic heterocycles. The van der Waals surface area contributed by atoms with Crippen LogP contribution in [0.1, 0.15) is 66.7 Å². The van der Waals surface area contributed by atoms with Gasteiger partial charge in [-0.1, -0.05) is 27.7 Å². The quantitative estimate of drug-likeness (QED) is 0.653. The summed E-state index contributed by atoms with van der Waals surface area (Å²) in [6.07, 6.45) is 6.00. The smallest absolute Gasteiger partial charge is 0.307 e. The Balaban J connectivity index is 2.17. The largest absolute Gasteiger partial charge is 0.431 e. The molecule has 2 bridgehead atoms. The van der Waals surface area contributed by atoms with Gasteiger partial charge in [-0.05, 0) is 48.0 Å². The lowest BCUT2D eigenvalue weighted by atomic mass is 9.53. The third-order valence-corrected chi connectivity index (χ3v) is 6.48. The molecule has 2 saturated carbocycles. The number of carbonyl (C=O) groups is 1. The van der Waals surface area contributed by atoms with Crippen molar-refractivity contribution in [2.24, 2.45) is 22.2 Å². The molecule has 3 aliphatic rings. The summed E-state index contributed by atoms with van der Waals surface area (Å²) in [4.78, 5) is 11.4. The first-order valence-corrected chi connectivity index (χ1v) is 7.63. The maximum atomic E-state index is 11.4. The maximum absolute atomic E-state index is 11.4. The molecule has 19 heavy (non-hydrogen) atoms. The molecule has 2 unspecified atom stereocenters. The topological polar surface area (TPSA) is 26.3 Å². The molecule has 0 N–H and O–H groups in total. The highest BCUT2D eigenvalue weighted by Crippen LogP contribution is 2.74. The molecule has 2 atom stereocenters. The lowest BCUT2D eigenvalue weighted by Gasteiger charge is -2.52. The van der Waals surface area contributed by atoms with Crippen molar-refractivity contribution >= 4 is 5.97 Å². The van der Waals surface area contributed by atoms with Crippen molar-refractivity contribution in [3.63, 3.8) is 0 Å². The van der Waals surface area contributed by atoms with E-state index in [1.807, 2.05) is 0 Å². The van der Waals surface area contributed by atoms with Crippen LogP contribution in [-0.4, -0.2) is 5.97 Å². The average Bonchev–Trinajstić information content (AvgIpc) is 2.78. The normalized spacial score (nSPS) is 38.3. The predicted molar refractivity (Wildman–Crippen MR) is 75.4 cm³/mol. The fraction of sp³-hybridized carbons (Fsp3) is 0.824. The fourth-order valence-corrected chi connectivity index (χ4v) is 5.35. The maximum Gasteiger partial charge on any atom is 0.307 e. The summed E-state index contributed by atoms with van der Waals surface area (Å²) in [7, 11) is 0. The second-order valence-electron chi connectivity index (χ2n) is 8.02. The van der Waals surface area contributed by atoms with Crippen molar-refractivity contribution in [1.29, 1.82) is 0 Å². The van der Waals surface area contributed by atoms with Gasteiger partial charge in [-0.15, -0.1) is 0 Å². The zero-order chi connectivity index (χ0) is 14.1. The van der Waals surface area contributed by atoms with Crippen LogP contribution < -0.4 is 0 Å². The van der Waals surface area contributed by atoms with E-state index in [0.717, 1.165) is 24.5 Å². The first-order valence-electron chi connectivity index (χ1n) is 7.63. The van der Waals surface area contributed by atoms with Crippen LogP contribution in [-0.2, 0) is 9.53 Å². The van der Waals surface area contributed by atoms with Crippen LogP contribution in [0.2, 0.25) is 0 Å². The van der Waals surface area contributed by atoms with Crippen LogP contribution >= 0.6 is 0 Å². The molecular weight excluding hydrogens is 236 g/mol. The number of hydrogen-bond donors (Lipinski definition) is 0. The number of ether oxygens (including phenoxy) is 1. The molecule has 0 amide bonds. The molecule has 2 nitrogen and oxygen atoms in total. The van der Waals surface area contributed by atoms with Crippen LogP contribution in [0.3, 0.4) is 0 Å². The zero-order valence-corrected chi connectivity index (χ0v) is 12.9. The van der Waals surface area contributed by atoms with Crippen molar-refractivity contribution in [2.45, 2.75) is 66.7 Å². The van der Waals surface area contributed by atoms with Crippen LogP contribution in [0, 0.1) is 22.2 Å². The first-order chi connectivity index (χ1) is 8.71. The number of allylic oxidation sites excluding steroid dienone is 2. The minimum Gasteiger partial charge on any atom is -0.431 e. The van der Waals surface area contributed by atoms with Gasteiger partial charge in [0.25, 0.3) is 0 Å². The summed E-state index contributed by atoms with van der Waals surface area (Å²) in [5.41, 5.74) is 2.34. The van der Waals surface area contributed by atoms with Gasteiger partial charge in [-0.3, -0.25) is 4.79 Å². The molecule has 0 heterocycles. The lowest BCUT2D eigenvalue weighted by Crippen LogP contribution is -2.43. The van der Waals surface area contributed by atoms with Gasteiger partial charge >= 0.3 is 5.97 Å². The number of esters is 1. The van der Waals surface area contributed by atoms with Crippen molar-refractivity contribution in [2.75, 3.05) is 0 Å². The highest BCUT2D eigenvalue weighted by Gasteiger charge is 2.66. The minimum absolute atomic E-state index is 0.157. The van der Waals surface area contributed by atoms with Gasteiger partial charge in [0.15, 0.2) is 0 Å². The first kappa shape index (κ1) is 13.2. The second-order valence-corrected chi connectivity index (χ2v) is 8.02. The third kappa shape index (κ3) is 1.52. The van der Waals surface area contributed by atoms with E-state index >= 15 is 0 Å². The number of fused-ring (bicyclic) bond motifs is 1. The van der Waals surface area contributed by atoms with Crippen LogP contribution in [0.4, 0.5) is 0 Å². The number of rotatable bonds is 1. The molecule has 1 spiro atoms. The molecule has 3 aliphatic carbocycles. The fourth-order valence-electron chi connectivity index (χ4n) is 5.35. The van der Waals surface area contributed by atoms with E-state index in [1.54, 1.807) is 0 Å². The number of hydrogen-bond acceptors (Lipinski definition) is 2. The number of carbonyl (C=O) groups excluding carboxylic acids is 1. The molecule has 0 saturated heterocycles. The molecule has 0 aromatic rings. The Labute approximate surface area is 116 Å². The van der Waals surface area contributed by atoms with Gasteiger partial charge in [0, 0.05) is 18.8 Å². The van der Waals surface area contributed by atoms with Crippen molar-refractivity contribution in [3.8, 4) is 0 Å². The molecule has 0 radical (unpaired) electrons. The zero-order valence-electron chi connectivity index (χ0n) is 12.9. The van der Waals surface area contributed by atoms with Crippen LogP contribution in [0.5, 0.6) is 0 Å². The SMILES string of the molecule is CC(=O)OC1=C2C(C)(C)C3CCC2(C3)C(C)(C)CC1. The Morgan fingerprint density at radius 2 is 1.89 bits per heavy atom. The van der Waals surface area contributed by atoms with E-state index in [4.69, 9.17) is 4.74 Å². The molecule has 0 aliphatic heterocycles. The van der Waals surface area contributed by atoms with Crippen molar-refractivity contribution in [1.82, 2.24) is 0 Å². The summed E-state index contributed by atoms with van der Waals surface area (Å²) in [6, 6.07) is 0. The standard InChI is InChI=1S/C17H26O2/c1-11(18)19-13-7-8-15(2,3)17-9-6-12(10-17)16(4,5)14(13)17/h12H,6-10H2,1-5H3. The van der Waals surface area contributed by atoms with E-state index in [0.29, 0.717) is 10.8 Å². The molecule has 2 heteroatoms. The molecular formula is C17H26O2. The second kappa shape index (κ2) is 3.65. The van der Waals surface area contributed by atoms with E-state index in [9.17, 15) is 4.79 Å². The highest BCUT2D eigenvalue weighted by molar-refractivity contribution is 5.67. The summed E-state index contributed by atoms with van der Waals surface area (Å²) in [6.45, 7) is 11.1. The van der Waals surface area contributed by atoms with Gasteiger partial charge in [0.2, 0.25) is 0 Å². The van der Waals surface area contributed by atoms with E-state index in [2.05, 4.69) is 27.7 Å². The van der Waals surface area contributed by atoms with E-state index < -0.39 is 0 Å². The Bertz CT molecular complexity index is 470. The summed E-state index contributed by atoms with van der Waals surface area (Å²) >= 11 is 0. The monoisotopic (exact) mass is 262 g/mol. The Kier molecular flexibility index (Phi) is 2.54. The van der Waals surface area contributed by atoms with Gasteiger partial charge < -0.3 is 4.74 Å². The average molecular weight is 262 g/mol. The Morgan fingerprint density at radius 3 is 2.53 bits per heavy atom. The van der Waals surface area contributed by atoms with Gasteiger partial charge in [-0.2, -0.15) is 0 Å². The highest BCUT2D eigenvalue weighted by atomic mass is 16.5. The Morgan fingerprint density at radius 1 is 1.21 bits per heavy atom. The van der Waals surface area contributed by atoms with Gasteiger partial charge in [0.05, 0.1) is 0 Å². The lowest BCUT2D eigenvalue weighted by molar-refractivity contribution is -0.138. The summed E-state index contributed by atoms with van der Waals surface area (Å²) in [5.74, 6) is 1.63. The molecule has 3 rings (SSSR count). The molecule has 0 aromatic carbocycles. The summed E-state index contributed by atoms with van der Waals surface area (Å²) < 4.78 is 5.62. The Hall–Kier alpha value is -0.790. The van der Waals surface area contributed by atoms with Gasteiger partial charge in [-0.25, -0.2) is 0 Å². The van der Waals surface area contributed by atoms with Crippen molar-refractivity contribution < 1.29 is 9.53 Å². The van der Waals surface area contributed by atoms with E-state index in [-0.39, 0.29) is 11.4 Å². The predicted octanol–water partition coefficient (Wildman–Crippen LogP) is 4.45. The van der Waals surface area contributed by atoms with E-state index in [1.165, 1.54) is 31.8 Å². The molecule has 106 valence electrons.